The molecule has 6 nitrogen and oxygen atoms in total. The van der Waals surface area contributed by atoms with Crippen molar-refractivity contribution >= 4 is 11.7 Å². The summed E-state index contributed by atoms with van der Waals surface area (Å²) in [7, 11) is 3.55. The first-order valence-corrected chi connectivity index (χ1v) is 6.14. The van der Waals surface area contributed by atoms with Gasteiger partial charge in [-0.25, -0.2) is 13.9 Å². The fourth-order valence-electron chi connectivity index (χ4n) is 1.85. The van der Waals surface area contributed by atoms with Gasteiger partial charge in [0.05, 0.1) is 24.0 Å². The third-order valence-corrected chi connectivity index (χ3v) is 2.99. The fraction of sp³-hybridized carbons (Fsp3) is 0.214. The summed E-state index contributed by atoms with van der Waals surface area (Å²) >= 11 is 0. The van der Waals surface area contributed by atoms with Crippen LogP contribution in [0, 0.1) is 5.82 Å². The highest BCUT2D eigenvalue weighted by molar-refractivity contribution is 5.89. The molecule has 0 aliphatic heterocycles. The molecule has 110 valence electrons. The van der Waals surface area contributed by atoms with Crippen molar-refractivity contribution in [3.05, 3.63) is 57.8 Å². The molecule has 0 spiro atoms. The molecule has 0 saturated heterocycles. The molecule has 0 amide bonds. The van der Waals surface area contributed by atoms with Crippen molar-refractivity contribution in [2.45, 2.75) is 6.54 Å². The van der Waals surface area contributed by atoms with Crippen molar-refractivity contribution in [1.82, 2.24) is 9.78 Å². The van der Waals surface area contributed by atoms with E-state index in [-0.39, 0.29) is 23.2 Å². The van der Waals surface area contributed by atoms with Gasteiger partial charge >= 0.3 is 5.97 Å². The van der Waals surface area contributed by atoms with E-state index in [0.29, 0.717) is 5.69 Å². The van der Waals surface area contributed by atoms with Crippen LogP contribution in [0.3, 0.4) is 0 Å². The zero-order valence-corrected chi connectivity index (χ0v) is 11.6. The van der Waals surface area contributed by atoms with Crippen LogP contribution < -0.4 is 10.5 Å². The van der Waals surface area contributed by atoms with Crippen molar-refractivity contribution in [1.29, 1.82) is 0 Å². The number of carboxylic acid groups (broad SMARTS) is 1. The molecule has 0 saturated carbocycles. The van der Waals surface area contributed by atoms with Crippen LogP contribution >= 0.6 is 0 Å². The summed E-state index contributed by atoms with van der Waals surface area (Å²) in [6.45, 7) is -0.105. The average molecular weight is 291 g/mol. The second-order valence-corrected chi connectivity index (χ2v) is 4.71. The number of benzene rings is 1. The SMILES string of the molecule is CN(C)c1cnn(Cc2cc(F)ccc2C(=O)O)c(=O)c1. The van der Waals surface area contributed by atoms with Crippen LogP contribution in [-0.4, -0.2) is 35.0 Å². The first-order valence-electron chi connectivity index (χ1n) is 6.14. The lowest BCUT2D eigenvalue weighted by Crippen LogP contribution is -2.25. The molecule has 0 radical (unpaired) electrons. The summed E-state index contributed by atoms with van der Waals surface area (Å²) in [4.78, 5) is 24.8. The summed E-state index contributed by atoms with van der Waals surface area (Å²) in [5.41, 5.74) is 0.382. The van der Waals surface area contributed by atoms with E-state index < -0.39 is 11.8 Å². The Morgan fingerprint density at radius 1 is 1.38 bits per heavy atom. The quantitative estimate of drug-likeness (QED) is 0.916. The maximum absolute atomic E-state index is 13.3. The van der Waals surface area contributed by atoms with E-state index in [1.807, 2.05) is 0 Å². The van der Waals surface area contributed by atoms with E-state index in [4.69, 9.17) is 5.11 Å². The Morgan fingerprint density at radius 3 is 2.67 bits per heavy atom. The highest BCUT2D eigenvalue weighted by Crippen LogP contribution is 2.13. The van der Waals surface area contributed by atoms with E-state index in [1.165, 1.54) is 18.3 Å². The summed E-state index contributed by atoms with van der Waals surface area (Å²) in [6.07, 6.45) is 1.49. The Morgan fingerprint density at radius 2 is 2.10 bits per heavy atom. The first kappa shape index (κ1) is 14.7. The van der Waals surface area contributed by atoms with E-state index in [9.17, 15) is 14.0 Å². The summed E-state index contributed by atoms with van der Waals surface area (Å²) in [6, 6.07) is 4.72. The molecule has 1 aromatic heterocycles. The molecule has 1 heterocycles. The van der Waals surface area contributed by atoms with Crippen LogP contribution in [0.5, 0.6) is 0 Å². The van der Waals surface area contributed by atoms with E-state index >= 15 is 0 Å². The van der Waals surface area contributed by atoms with E-state index in [0.717, 1.165) is 16.8 Å². The molecular formula is C14H14FN3O3. The van der Waals surface area contributed by atoms with Crippen molar-refractivity contribution in [3.8, 4) is 0 Å². The molecule has 7 heteroatoms. The first-order chi connectivity index (χ1) is 9.88. The van der Waals surface area contributed by atoms with Crippen LogP contribution in [0.2, 0.25) is 0 Å². The second-order valence-electron chi connectivity index (χ2n) is 4.71. The van der Waals surface area contributed by atoms with Gasteiger partial charge in [-0.2, -0.15) is 5.10 Å². The molecule has 0 fully saturated rings. The number of aromatic nitrogens is 2. The maximum Gasteiger partial charge on any atom is 0.336 e. The number of nitrogens with zero attached hydrogens (tertiary/aromatic N) is 3. The van der Waals surface area contributed by atoms with Gasteiger partial charge in [0.15, 0.2) is 0 Å². The number of halogens is 1. The third-order valence-electron chi connectivity index (χ3n) is 2.99. The third kappa shape index (κ3) is 3.25. The van der Waals surface area contributed by atoms with E-state index in [2.05, 4.69) is 5.10 Å². The molecule has 21 heavy (non-hydrogen) atoms. The van der Waals surface area contributed by atoms with Gasteiger partial charge in [-0.15, -0.1) is 0 Å². The molecule has 0 unspecified atom stereocenters. The zero-order chi connectivity index (χ0) is 15.6. The molecule has 0 atom stereocenters. The second kappa shape index (κ2) is 5.74. The minimum Gasteiger partial charge on any atom is -0.478 e. The van der Waals surface area contributed by atoms with Crippen molar-refractivity contribution in [2.75, 3.05) is 19.0 Å². The molecule has 2 aromatic rings. The predicted octanol–water partition coefficient (Wildman–Crippen LogP) is 1.19. The van der Waals surface area contributed by atoms with Crippen molar-refractivity contribution < 1.29 is 14.3 Å². The van der Waals surface area contributed by atoms with Crippen LogP contribution in [0.4, 0.5) is 10.1 Å². The topological polar surface area (TPSA) is 75.4 Å². The molecule has 2 rings (SSSR count). The molecular weight excluding hydrogens is 277 g/mol. The number of anilines is 1. The monoisotopic (exact) mass is 291 g/mol. The van der Waals surface area contributed by atoms with Gasteiger partial charge in [0.25, 0.3) is 5.56 Å². The minimum atomic E-state index is -1.18. The van der Waals surface area contributed by atoms with Gasteiger partial charge < -0.3 is 10.0 Å². The molecule has 0 bridgehead atoms. The number of rotatable bonds is 4. The number of hydrogen-bond donors (Lipinski definition) is 1. The van der Waals surface area contributed by atoms with Crippen LogP contribution in [0.25, 0.3) is 0 Å². The largest absolute Gasteiger partial charge is 0.478 e. The highest BCUT2D eigenvalue weighted by atomic mass is 19.1. The molecule has 0 aliphatic rings. The number of carbonyl (C=O) groups is 1. The van der Waals surface area contributed by atoms with Crippen LogP contribution in [0.1, 0.15) is 15.9 Å². The van der Waals surface area contributed by atoms with Gasteiger partial charge in [0, 0.05) is 20.2 Å². The Bertz CT molecular complexity index is 740. The Labute approximate surface area is 120 Å². The van der Waals surface area contributed by atoms with Crippen molar-refractivity contribution in [2.24, 2.45) is 0 Å². The lowest BCUT2D eigenvalue weighted by Gasteiger charge is -2.13. The van der Waals surface area contributed by atoms with Crippen molar-refractivity contribution in [3.63, 3.8) is 0 Å². The number of aromatic carboxylic acids is 1. The van der Waals surface area contributed by atoms with Gasteiger partial charge in [0.2, 0.25) is 0 Å². The number of carboxylic acids is 1. The average Bonchev–Trinajstić information content (AvgIpc) is 2.40. The van der Waals surface area contributed by atoms with Crippen LogP contribution in [-0.2, 0) is 6.54 Å². The minimum absolute atomic E-state index is 0.0539. The van der Waals surface area contributed by atoms with Gasteiger partial charge in [-0.05, 0) is 23.8 Å². The molecule has 1 aromatic carbocycles. The summed E-state index contributed by atoms with van der Waals surface area (Å²) in [5, 5.41) is 13.1. The van der Waals surface area contributed by atoms with Gasteiger partial charge in [-0.3, -0.25) is 4.79 Å². The Balaban J connectivity index is 2.41. The standard InChI is InChI=1S/C14H14FN3O3/c1-17(2)11-6-13(19)18(16-7-11)8-9-5-10(15)3-4-12(9)14(20)21/h3-7H,8H2,1-2H3,(H,20,21). The molecule has 0 aliphatic carbocycles. The lowest BCUT2D eigenvalue weighted by molar-refractivity contribution is 0.0695. The van der Waals surface area contributed by atoms with Gasteiger partial charge in [-0.1, -0.05) is 0 Å². The van der Waals surface area contributed by atoms with Gasteiger partial charge in [0.1, 0.15) is 5.82 Å². The fourth-order valence-corrected chi connectivity index (χ4v) is 1.85. The van der Waals surface area contributed by atoms with Crippen LogP contribution in [0.15, 0.2) is 35.3 Å². The Kier molecular flexibility index (Phi) is 4.02. The maximum atomic E-state index is 13.3. The molecule has 1 N–H and O–H groups in total. The Hall–Kier alpha value is -2.70. The zero-order valence-electron chi connectivity index (χ0n) is 11.6. The smallest absolute Gasteiger partial charge is 0.336 e. The lowest BCUT2D eigenvalue weighted by atomic mass is 10.1. The highest BCUT2D eigenvalue weighted by Gasteiger charge is 2.12. The summed E-state index contributed by atoms with van der Waals surface area (Å²) in [5.74, 6) is -1.74. The van der Waals surface area contributed by atoms with E-state index in [1.54, 1.807) is 19.0 Å². The summed E-state index contributed by atoms with van der Waals surface area (Å²) < 4.78 is 14.4. The normalized spacial score (nSPS) is 10.4. The number of hydrogen-bond acceptors (Lipinski definition) is 4. The predicted molar refractivity (Wildman–Crippen MR) is 75.3 cm³/mol.